The summed E-state index contributed by atoms with van der Waals surface area (Å²) in [6.45, 7) is 4.62. The molecule has 1 amide bonds. The van der Waals surface area contributed by atoms with Crippen molar-refractivity contribution in [3.63, 3.8) is 0 Å². The molecule has 1 fully saturated rings. The maximum atomic E-state index is 11.7. The number of aliphatic hydroxyl groups excluding tert-OH is 1. The highest BCUT2D eigenvalue weighted by Crippen LogP contribution is 2.14. The van der Waals surface area contributed by atoms with E-state index in [4.69, 9.17) is 0 Å². The van der Waals surface area contributed by atoms with Gasteiger partial charge in [-0.1, -0.05) is 0 Å². The molecule has 0 spiro atoms. The molecule has 0 radical (unpaired) electrons. The van der Waals surface area contributed by atoms with E-state index in [2.05, 4.69) is 10.2 Å². The molecule has 20 heavy (non-hydrogen) atoms. The summed E-state index contributed by atoms with van der Waals surface area (Å²) in [6, 6.07) is 3.93. The van der Waals surface area contributed by atoms with Crippen LogP contribution >= 0.6 is 0 Å². The van der Waals surface area contributed by atoms with Gasteiger partial charge in [-0.25, -0.2) is 0 Å². The van der Waals surface area contributed by atoms with E-state index in [0.717, 1.165) is 39.0 Å². The van der Waals surface area contributed by atoms with Crippen LogP contribution in [0.5, 0.6) is 0 Å². The third-order valence-corrected chi connectivity index (χ3v) is 3.87. The fraction of sp³-hybridized carbons (Fsp3) is 0.667. The zero-order chi connectivity index (χ0) is 14.2. The molecule has 5 heteroatoms. The molecular formula is C15H25N3O2. The van der Waals surface area contributed by atoms with Crippen LogP contribution in [0.1, 0.15) is 19.3 Å². The SMILES string of the molecule is O=C(CCn1cccc1)NCCN1CCC[C@H](CO)C1. The standard InChI is InChI=1S/C15H25N3O2/c19-13-14-4-3-9-18(12-14)11-6-16-15(20)5-10-17-7-1-2-8-17/h1-2,7-8,14,19H,3-6,9-13H2,(H,16,20)/t14-/m0/s1. The average molecular weight is 279 g/mol. The molecule has 5 nitrogen and oxygen atoms in total. The maximum Gasteiger partial charge on any atom is 0.221 e. The Hall–Kier alpha value is -1.33. The molecule has 112 valence electrons. The lowest BCUT2D eigenvalue weighted by atomic mass is 9.99. The molecule has 0 saturated carbocycles. The highest BCUT2D eigenvalue weighted by molar-refractivity contribution is 5.75. The predicted octanol–water partition coefficient (Wildman–Crippen LogP) is 0.699. The summed E-state index contributed by atoms with van der Waals surface area (Å²) >= 11 is 0. The first-order valence-corrected chi connectivity index (χ1v) is 7.48. The lowest BCUT2D eigenvalue weighted by Gasteiger charge is -2.31. The molecule has 0 bridgehead atoms. The monoisotopic (exact) mass is 279 g/mol. The van der Waals surface area contributed by atoms with Crippen LogP contribution in [0.3, 0.4) is 0 Å². The highest BCUT2D eigenvalue weighted by Gasteiger charge is 2.18. The van der Waals surface area contributed by atoms with Crippen LogP contribution in [-0.4, -0.2) is 53.3 Å². The molecule has 2 heterocycles. The van der Waals surface area contributed by atoms with Gasteiger partial charge < -0.3 is 19.9 Å². The average Bonchev–Trinajstić information content (AvgIpc) is 2.99. The van der Waals surface area contributed by atoms with Crippen molar-refractivity contribution in [2.45, 2.75) is 25.8 Å². The predicted molar refractivity (Wildman–Crippen MR) is 78.3 cm³/mol. The molecule has 0 aromatic carbocycles. The quantitative estimate of drug-likeness (QED) is 0.772. The summed E-state index contributed by atoms with van der Waals surface area (Å²) < 4.78 is 2.01. The van der Waals surface area contributed by atoms with Crippen LogP contribution in [0.25, 0.3) is 0 Å². The van der Waals surface area contributed by atoms with Gasteiger partial charge in [0.25, 0.3) is 0 Å². The Balaban J connectivity index is 1.57. The number of likely N-dealkylation sites (tertiary alicyclic amines) is 1. The molecule has 1 aliphatic heterocycles. The van der Waals surface area contributed by atoms with Gasteiger partial charge in [-0.2, -0.15) is 0 Å². The van der Waals surface area contributed by atoms with Crippen LogP contribution < -0.4 is 5.32 Å². The van der Waals surface area contributed by atoms with E-state index in [0.29, 0.717) is 18.9 Å². The van der Waals surface area contributed by atoms with Gasteiger partial charge in [-0.05, 0) is 37.4 Å². The number of aromatic nitrogens is 1. The van der Waals surface area contributed by atoms with Crippen LogP contribution in [0.4, 0.5) is 0 Å². The smallest absolute Gasteiger partial charge is 0.221 e. The van der Waals surface area contributed by atoms with Crippen LogP contribution in [-0.2, 0) is 11.3 Å². The van der Waals surface area contributed by atoms with Crippen molar-refractivity contribution >= 4 is 5.91 Å². The van der Waals surface area contributed by atoms with Gasteiger partial charge >= 0.3 is 0 Å². The van der Waals surface area contributed by atoms with Gasteiger partial charge in [0.2, 0.25) is 5.91 Å². The van der Waals surface area contributed by atoms with Gasteiger partial charge in [0, 0.05) is 51.6 Å². The van der Waals surface area contributed by atoms with Gasteiger partial charge in [-0.15, -0.1) is 0 Å². The van der Waals surface area contributed by atoms with E-state index < -0.39 is 0 Å². The van der Waals surface area contributed by atoms with E-state index >= 15 is 0 Å². The third kappa shape index (κ3) is 4.98. The molecule has 1 aromatic rings. The molecular weight excluding hydrogens is 254 g/mol. The lowest BCUT2D eigenvalue weighted by Crippen LogP contribution is -2.41. The van der Waals surface area contributed by atoms with Crippen LogP contribution in [0.2, 0.25) is 0 Å². The molecule has 2 rings (SSSR count). The topological polar surface area (TPSA) is 57.5 Å². The number of carbonyl (C=O) groups is 1. The minimum atomic E-state index is 0.106. The Morgan fingerprint density at radius 2 is 2.10 bits per heavy atom. The first-order valence-electron chi connectivity index (χ1n) is 7.48. The van der Waals surface area contributed by atoms with Gasteiger partial charge in [0.1, 0.15) is 0 Å². The first kappa shape index (κ1) is 15.1. The van der Waals surface area contributed by atoms with E-state index in [9.17, 15) is 9.90 Å². The second-order valence-electron chi connectivity index (χ2n) is 5.51. The lowest BCUT2D eigenvalue weighted by molar-refractivity contribution is -0.121. The van der Waals surface area contributed by atoms with Crippen molar-refractivity contribution in [2.75, 3.05) is 32.8 Å². The van der Waals surface area contributed by atoms with E-state index in [1.807, 2.05) is 29.1 Å². The normalized spacial score (nSPS) is 19.9. The Bertz CT molecular complexity index is 392. The van der Waals surface area contributed by atoms with Crippen molar-refractivity contribution in [1.82, 2.24) is 14.8 Å². The second kappa shape index (κ2) is 8.07. The van der Waals surface area contributed by atoms with E-state index in [1.54, 1.807) is 0 Å². The molecule has 1 atom stereocenters. The third-order valence-electron chi connectivity index (χ3n) is 3.87. The highest BCUT2D eigenvalue weighted by atomic mass is 16.3. The van der Waals surface area contributed by atoms with Gasteiger partial charge in [-0.3, -0.25) is 4.79 Å². The zero-order valence-electron chi connectivity index (χ0n) is 12.0. The molecule has 2 N–H and O–H groups in total. The van der Waals surface area contributed by atoms with Crippen LogP contribution in [0, 0.1) is 5.92 Å². The van der Waals surface area contributed by atoms with Crippen molar-refractivity contribution in [2.24, 2.45) is 5.92 Å². The first-order chi connectivity index (χ1) is 9.78. The number of hydrogen-bond acceptors (Lipinski definition) is 3. The van der Waals surface area contributed by atoms with Crippen molar-refractivity contribution in [3.05, 3.63) is 24.5 Å². The Labute approximate surface area is 120 Å². The number of hydrogen-bond donors (Lipinski definition) is 2. The molecule has 1 aliphatic rings. The molecule has 1 aromatic heterocycles. The Kier molecular flexibility index (Phi) is 6.08. The number of aliphatic hydroxyl groups is 1. The number of nitrogens with one attached hydrogen (secondary N) is 1. The van der Waals surface area contributed by atoms with E-state index in [-0.39, 0.29) is 12.5 Å². The maximum absolute atomic E-state index is 11.7. The van der Waals surface area contributed by atoms with Crippen molar-refractivity contribution in [3.8, 4) is 0 Å². The number of nitrogens with zero attached hydrogens (tertiary/aromatic N) is 2. The summed E-state index contributed by atoms with van der Waals surface area (Å²) in [4.78, 5) is 14.0. The van der Waals surface area contributed by atoms with Gasteiger partial charge in [0.05, 0.1) is 0 Å². The van der Waals surface area contributed by atoms with Crippen molar-refractivity contribution < 1.29 is 9.90 Å². The van der Waals surface area contributed by atoms with Crippen LogP contribution in [0.15, 0.2) is 24.5 Å². The summed E-state index contributed by atoms with van der Waals surface area (Å²) in [7, 11) is 0. The summed E-state index contributed by atoms with van der Waals surface area (Å²) in [5, 5.41) is 12.2. The largest absolute Gasteiger partial charge is 0.396 e. The van der Waals surface area contributed by atoms with Crippen molar-refractivity contribution in [1.29, 1.82) is 0 Å². The zero-order valence-corrected chi connectivity index (χ0v) is 12.0. The number of amides is 1. The Morgan fingerprint density at radius 1 is 1.30 bits per heavy atom. The molecule has 0 unspecified atom stereocenters. The number of piperidine rings is 1. The fourth-order valence-corrected chi connectivity index (χ4v) is 2.70. The minimum Gasteiger partial charge on any atom is -0.396 e. The summed E-state index contributed by atoms with van der Waals surface area (Å²) in [6.07, 6.45) is 6.73. The number of aryl methyl sites for hydroxylation is 1. The van der Waals surface area contributed by atoms with E-state index in [1.165, 1.54) is 0 Å². The summed E-state index contributed by atoms with van der Waals surface area (Å²) in [5.41, 5.74) is 0. The molecule has 1 saturated heterocycles. The second-order valence-corrected chi connectivity index (χ2v) is 5.51. The number of rotatable bonds is 7. The summed E-state index contributed by atoms with van der Waals surface area (Å²) in [5.74, 6) is 0.516. The van der Waals surface area contributed by atoms with Gasteiger partial charge in [0.15, 0.2) is 0 Å². The Morgan fingerprint density at radius 3 is 2.85 bits per heavy atom. The number of carbonyl (C=O) groups excluding carboxylic acids is 1. The fourth-order valence-electron chi connectivity index (χ4n) is 2.70. The molecule has 0 aliphatic carbocycles. The minimum absolute atomic E-state index is 0.106.